The molecule has 2 rings (SSSR count). The molecule has 0 saturated carbocycles. The third-order valence-corrected chi connectivity index (χ3v) is 6.26. The van der Waals surface area contributed by atoms with Gasteiger partial charge in [-0.1, -0.05) is 24.6 Å². The molecule has 8 heteroatoms. The number of anilines is 1. The lowest BCUT2D eigenvalue weighted by atomic mass is 10.2. The molecule has 0 fully saturated rings. The fraction of sp³-hybridized carbons (Fsp3) is 0.278. The third kappa shape index (κ3) is 4.55. The quantitative estimate of drug-likeness (QED) is 0.779. The number of halogens is 1. The van der Waals surface area contributed by atoms with Crippen molar-refractivity contribution in [1.29, 1.82) is 0 Å². The number of rotatable bonds is 7. The number of nitrogens with zero attached hydrogens (tertiary/aromatic N) is 1. The molecule has 0 unspecified atom stereocenters. The van der Waals surface area contributed by atoms with Crippen molar-refractivity contribution < 1.29 is 17.9 Å². The van der Waals surface area contributed by atoms with Crippen LogP contribution in [0.5, 0.6) is 5.75 Å². The van der Waals surface area contributed by atoms with Crippen LogP contribution in [0.25, 0.3) is 0 Å². The molecule has 1 amide bonds. The zero-order chi connectivity index (χ0) is 19.3. The first-order valence-electron chi connectivity index (χ1n) is 7.98. The second kappa shape index (κ2) is 8.53. The SMILES string of the molecule is CCN(CC(=O)Nc1cccc(Cl)c1C)S(=O)(=O)c1ccc(OC)cc1. The maximum atomic E-state index is 12.8. The fourth-order valence-electron chi connectivity index (χ4n) is 2.36. The van der Waals surface area contributed by atoms with E-state index in [9.17, 15) is 13.2 Å². The van der Waals surface area contributed by atoms with Gasteiger partial charge in [0, 0.05) is 17.3 Å². The Labute approximate surface area is 158 Å². The molecule has 0 saturated heterocycles. The van der Waals surface area contributed by atoms with E-state index in [2.05, 4.69) is 5.32 Å². The lowest BCUT2D eigenvalue weighted by Crippen LogP contribution is -2.37. The highest BCUT2D eigenvalue weighted by Gasteiger charge is 2.25. The van der Waals surface area contributed by atoms with Crippen molar-refractivity contribution in [3.63, 3.8) is 0 Å². The Morgan fingerprint density at radius 1 is 1.19 bits per heavy atom. The van der Waals surface area contributed by atoms with Crippen molar-refractivity contribution >= 4 is 33.2 Å². The van der Waals surface area contributed by atoms with Crippen LogP contribution >= 0.6 is 11.6 Å². The average molecular weight is 397 g/mol. The molecule has 0 aliphatic carbocycles. The molecule has 140 valence electrons. The minimum absolute atomic E-state index is 0.104. The molecule has 2 aromatic rings. The topological polar surface area (TPSA) is 75.7 Å². The van der Waals surface area contributed by atoms with Crippen molar-refractivity contribution in [2.24, 2.45) is 0 Å². The molecule has 0 radical (unpaired) electrons. The van der Waals surface area contributed by atoms with Crippen molar-refractivity contribution in [1.82, 2.24) is 4.31 Å². The number of carbonyl (C=O) groups is 1. The van der Waals surface area contributed by atoms with E-state index < -0.39 is 15.9 Å². The average Bonchev–Trinajstić information content (AvgIpc) is 2.63. The van der Waals surface area contributed by atoms with Gasteiger partial charge in [0.1, 0.15) is 5.75 Å². The zero-order valence-electron chi connectivity index (χ0n) is 14.8. The summed E-state index contributed by atoms with van der Waals surface area (Å²) < 4.78 is 31.7. The molecular weight excluding hydrogens is 376 g/mol. The van der Waals surface area contributed by atoms with Gasteiger partial charge in [-0.3, -0.25) is 4.79 Å². The van der Waals surface area contributed by atoms with E-state index in [0.29, 0.717) is 16.5 Å². The number of hydrogen-bond donors (Lipinski definition) is 1. The molecule has 0 atom stereocenters. The minimum atomic E-state index is -3.79. The Morgan fingerprint density at radius 3 is 2.42 bits per heavy atom. The van der Waals surface area contributed by atoms with Crippen molar-refractivity contribution in [2.45, 2.75) is 18.7 Å². The number of sulfonamides is 1. The van der Waals surface area contributed by atoms with Gasteiger partial charge in [0.05, 0.1) is 18.6 Å². The first-order valence-corrected chi connectivity index (χ1v) is 9.80. The predicted octanol–water partition coefficient (Wildman–Crippen LogP) is 3.31. The number of amides is 1. The fourth-order valence-corrected chi connectivity index (χ4v) is 3.94. The first-order chi connectivity index (χ1) is 12.3. The molecule has 0 aliphatic heterocycles. The van der Waals surface area contributed by atoms with Crippen LogP contribution in [-0.4, -0.2) is 38.8 Å². The van der Waals surface area contributed by atoms with Crippen LogP contribution in [0.3, 0.4) is 0 Å². The normalized spacial score (nSPS) is 11.4. The smallest absolute Gasteiger partial charge is 0.243 e. The zero-order valence-corrected chi connectivity index (χ0v) is 16.4. The number of carbonyl (C=O) groups excluding carboxylic acids is 1. The Morgan fingerprint density at radius 2 is 1.85 bits per heavy atom. The van der Waals surface area contributed by atoms with E-state index in [1.54, 1.807) is 44.2 Å². The summed E-state index contributed by atoms with van der Waals surface area (Å²) in [6.07, 6.45) is 0. The van der Waals surface area contributed by atoms with Crippen LogP contribution in [-0.2, 0) is 14.8 Å². The van der Waals surface area contributed by atoms with Crippen LogP contribution < -0.4 is 10.1 Å². The van der Waals surface area contributed by atoms with Crippen molar-refractivity contribution in [3.8, 4) is 5.75 Å². The summed E-state index contributed by atoms with van der Waals surface area (Å²) in [5, 5.41) is 3.24. The van der Waals surface area contributed by atoms with Crippen molar-refractivity contribution in [3.05, 3.63) is 53.1 Å². The van der Waals surface area contributed by atoms with Crippen LogP contribution in [0.1, 0.15) is 12.5 Å². The highest BCUT2D eigenvalue weighted by Crippen LogP contribution is 2.23. The second-order valence-electron chi connectivity index (χ2n) is 5.57. The lowest BCUT2D eigenvalue weighted by Gasteiger charge is -2.20. The van der Waals surface area contributed by atoms with E-state index in [1.165, 1.54) is 19.2 Å². The molecule has 0 heterocycles. The van der Waals surface area contributed by atoms with Gasteiger partial charge < -0.3 is 10.1 Å². The number of ether oxygens (including phenoxy) is 1. The Balaban J connectivity index is 2.16. The maximum Gasteiger partial charge on any atom is 0.243 e. The summed E-state index contributed by atoms with van der Waals surface area (Å²) in [4.78, 5) is 12.4. The number of nitrogens with one attached hydrogen (secondary N) is 1. The summed E-state index contributed by atoms with van der Waals surface area (Å²) in [6, 6.07) is 11.2. The highest BCUT2D eigenvalue weighted by molar-refractivity contribution is 7.89. The van der Waals surface area contributed by atoms with Gasteiger partial charge in [0.2, 0.25) is 15.9 Å². The number of benzene rings is 2. The van der Waals surface area contributed by atoms with E-state index in [1.807, 2.05) is 0 Å². The Bertz CT molecular complexity index is 883. The molecule has 0 aromatic heterocycles. The minimum Gasteiger partial charge on any atom is -0.497 e. The molecule has 0 aliphatic rings. The highest BCUT2D eigenvalue weighted by atomic mass is 35.5. The molecular formula is C18H21ClN2O4S. The molecule has 6 nitrogen and oxygen atoms in total. The molecule has 2 aromatic carbocycles. The van der Waals surface area contributed by atoms with Gasteiger partial charge in [-0.25, -0.2) is 8.42 Å². The second-order valence-corrected chi connectivity index (χ2v) is 7.91. The van der Waals surface area contributed by atoms with Gasteiger partial charge in [-0.2, -0.15) is 4.31 Å². The van der Waals surface area contributed by atoms with Gasteiger partial charge in [0.25, 0.3) is 0 Å². The van der Waals surface area contributed by atoms with E-state index >= 15 is 0 Å². The number of likely N-dealkylation sites (N-methyl/N-ethyl adjacent to an activating group) is 1. The summed E-state index contributed by atoms with van der Waals surface area (Å²) in [5.41, 5.74) is 1.28. The standard InChI is InChI=1S/C18H21ClN2O4S/c1-4-21(26(23,24)15-10-8-14(25-3)9-11-15)12-18(22)20-17-7-5-6-16(19)13(17)2/h5-11H,4,12H2,1-3H3,(H,20,22). The van der Waals surface area contributed by atoms with Crippen molar-refractivity contribution in [2.75, 3.05) is 25.5 Å². The number of methoxy groups -OCH3 is 1. The van der Waals surface area contributed by atoms with Crippen LogP contribution in [0.4, 0.5) is 5.69 Å². The van der Waals surface area contributed by atoms with Crippen LogP contribution in [0.15, 0.2) is 47.4 Å². The van der Waals surface area contributed by atoms with Crippen LogP contribution in [0.2, 0.25) is 5.02 Å². The molecule has 26 heavy (non-hydrogen) atoms. The molecule has 0 spiro atoms. The van der Waals surface area contributed by atoms with Gasteiger partial charge in [-0.15, -0.1) is 0 Å². The van der Waals surface area contributed by atoms with Gasteiger partial charge >= 0.3 is 0 Å². The summed E-state index contributed by atoms with van der Waals surface area (Å²) in [7, 11) is -2.29. The van der Waals surface area contributed by atoms with Crippen LogP contribution in [0, 0.1) is 6.92 Å². The largest absolute Gasteiger partial charge is 0.497 e. The number of hydrogen-bond acceptors (Lipinski definition) is 4. The summed E-state index contributed by atoms with van der Waals surface area (Å²) in [6.45, 7) is 3.33. The third-order valence-electron chi connectivity index (χ3n) is 3.91. The molecule has 1 N–H and O–H groups in total. The van der Waals surface area contributed by atoms with E-state index in [0.717, 1.165) is 9.87 Å². The predicted molar refractivity (Wildman–Crippen MR) is 102 cm³/mol. The Kier molecular flexibility index (Phi) is 6.63. The molecule has 0 bridgehead atoms. The Hall–Kier alpha value is -2.09. The summed E-state index contributed by atoms with van der Waals surface area (Å²) >= 11 is 6.04. The maximum absolute atomic E-state index is 12.8. The lowest BCUT2D eigenvalue weighted by molar-refractivity contribution is -0.116. The van der Waals surface area contributed by atoms with Gasteiger partial charge in [0.15, 0.2) is 0 Å². The monoisotopic (exact) mass is 396 g/mol. The van der Waals surface area contributed by atoms with Gasteiger partial charge in [-0.05, 0) is 48.9 Å². The van der Waals surface area contributed by atoms with E-state index in [4.69, 9.17) is 16.3 Å². The first kappa shape index (κ1) is 20.2. The summed E-state index contributed by atoms with van der Waals surface area (Å²) in [5.74, 6) is 0.121. The van der Waals surface area contributed by atoms with E-state index in [-0.39, 0.29) is 18.0 Å².